The van der Waals surface area contributed by atoms with Crippen molar-refractivity contribution in [2.45, 2.75) is 63.4 Å². The molecule has 1 fully saturated rings. The molecule has 1 saturated carbocycles. The second kappa shape index (κ2) is 3.78. The summed E-state index contributed by atoms with van der Waals surface area (Å²) in [7, 11) is 0. The van der Waals surface area contributed by atoms with E-state index in [0.29, 0.717) is 5.92 Å². The number of alkyl halides is 1. The van der Waals surface area contributed by atoms with Gasteiger partial charge in [0.1, 0.15) is 0 Å². The summed E-state index contributed by atoms with van der Waals surface area (Å²) in [5.74, 6) is 0.448. The molecule has 0 aromatic carbocycles. The lowest BCUT2D eigenvalue weighted by Gasteiger charge is -2.39. The summed E-state index contributed by atoms with van der Waals surface area (Å²) in [6, 6.07) is 0. The lowest BCUT2D eigenvalue weighted by Crippen LogP contribution is -2.39. The standard InChI is InChI=1S/C11H21ClO/c1-4-11(3,13)9-5-7-10(2,12)8-6-9/h9,13H,4-8H2,1-3H3. The molecule has 0 saturated heterocycles. The van der Waals surface area contributed by atoms with Gasteiger partial charge >= 0.3 is 0 Å². The highest BCUT2D eigenvalue weighted by atomic mass is 35.5. The molecule has 1 aliphatic carbocycles. The van der Waals surface area contributed by atoms with Crippen LogP contribution in [0.25, 0.3) is 0 Å². The Balaban J connectivity index is 2.50. The van der Waals surface area contributed by atoms with Crippen LogP contribution in [0.3, 0.4) is 0 Å². The van der Waals surface area contributed by atoms with Crippen LogP contribution in [0.2, 0.25) is 0 Å². The fraction of sp³-hybridized carbons (Fsp3) is 1.00. The van der Waals surface area contributed by atoms with Crippen LogP contribution in [-0.4, -0.2) is 15.6 Å². The first kappa shape index (κ1) is 11.3. The Bertz CT molecular complexity index is 165. The third-order valence-electron chi connectivity index (χ3n) is 3.62. The Morgan fingerprint density at radius 2 is 1.92 bits per heavy atom. The Morgan fingerprint density at radius 3 is 2.31 bits per heavy atom. The summed E-state index contributed by atoms with van der Waals surface area (Å²) in [6.45, 7) is 6.11. The largest absolute Gasteiger partial charge is 0.390 e. The Morgan fingerprint density at radius 1 is 1.46 bits per heavy atom. The molecule has 0 radical (unpaired) electrons. The number of aliphatic hydroxyl groups is 1. The number of halogens is 1. The van der Waals surface area contributed by atoms with Crippen molar-refractivity contribution in [3.63, 3.8) is 0 Å². The molecule has 0 bridgehead atoms. The van der Waals surface area contributed by atoms with E-state index in [1.54, 1.807) is 0 Å². The van der Waals surface area contributed by atoms with E-state index in [1.165, 1.54) is 0 Å². The summed E-state index contributed by atoms with van der Waals surface area (Å²) in [4.78, 5) is -0.0136. The van der Waals surface area contributed by atoms with E-state index >= 15 is 0 Å². The van der Waals surface area contributed by atoms with Crippen molar-refractivity contribution in [2.75, 3.05) is 0 Å². The SMILES string of the molecule is CCC(C)(O)C1CCC(C)(Cl)CC1. The third kappa shape index (κ3) is 2.85. The molecular formula is C11H21ClO. The average Bonchev–Trinajstić information content (AvgIpc) is 2.04. The predicted octanol–water partition coefficient (Wildman–Crippen LogP) is 3.34. The van der Waals surface area contributed by atoms with Crippen LogP contribution in [-0.2, 0) is 0 Å². The molecule has 0 heterocycles. The molecule has 2 heteroatoms. The zero-order chi connectivity index (χ0) is 10.1. The van der Waals surface area contributed by atoms with Gasteiger partial charge < -0.3 is 5.11 Å². The van der Waals surface area contributed by atoms with Gasteiger partial charge in [0.25, 0.3) is 0 Å². The maximum atomic E-state index is 10.1. The molecule has 1 N–H and O–H groups in total. The molecule has 0 spiro atoms. The Labute approximate surface area is 86.5 Å². The predicted molar refractivity (Wildman–Crippen MR) is 57.1 cm³/mol. The highest BCUT2D eigenvalue weighted by molar-refractivity contribution is 6.23. The molecular weight excluding hydrogens is 184 g/mol. The smallest absolute Gasteiger partial charge is 0.0645 e. The van der Waals surface area contributed by atoms with E-state index in [0.717, 1.165) is 32.1 Å². The quantitative estimate of drug-likeness (QED) is 0.685. The highest BCUT2D eigenvalue weighted by Gasteiger charge is 2.37. The minimum absolute atomic E-state index is 0.0136. The average molecular weight is 205 g/mol. The van der Waals surface area contributed by atoms with Gasteiger partial charge in [0.15, 0.2) is 0 Å². The van der Waals surface area contributed by atoms with Gasteiger partial charge in [-0.3, -0.25) is 0 Å². The molecule has 0 amide bonds. The first-order valence-electron chi connectivity index (χ1n) is 5.29. The minimum Gasteiger partial charge on any atom is -0.390 e. The number of hydrogen-bond donors (Lipinski definition) is 1. The first-order valence-corrected chi connectivity index (χ1v) is 5.66. The lowest BCUT2D eigenvalue weighted by atomic mass is 9.73. The molecule has 0 aromatic heterocycles. The van der Waals surface area contributed by atoms with Gasteiger partial charge in [-0.25, -0.2) is 0 Å². The highest BCUT2D eigenvalue weighted by Crippen LogP contribution is 2.41. The van der Waals surface area contributed by atoms with E-state index in [2.05, 4.69) is 13.8 Å². The van der Waals surface area contributed by atoms with Crippen LogP contribution in [0.1, 0.15) is 52.9 Å². The first-order chi connectivity index (χ1) is 5.87. The van der Waals surface area contributed by atoms with Gasteiger partial charge in [0.05, 0.1) is 5.60 Å². The molecule has 0 aliphatic heterocycles. The normalized spacial score (nSPS) is 39.9. The van der Waals surface area contributed by atoms with E-state index in [4.69, 9.17) is 11.6 Å². The molecule has 1 aliphatic rings. The fourth-order valence-electron chi connectivity index (χ4n) is 2.13. The van der Waals surface area contributed by atoms with Crippen LogP contribution < -0.4 is 0 Å². The van der Waals surface area contributed by atoms with Crippen molar-refractivity contribution in [3.05, 3.63) is 0 Å². The van der Waals surface area contributed by atoms with Crippen molar-refractivity contribution in [3.8, 4) is 0 Å². The topological polar surface area (TPSA) is 20.2 Å². The van der Waals surface area contributed by atoms with Gasteiger partial charge in [-0.05, 0) is 51.9 Å². The van der Waals surface area contributed by atoms with Crippen molar-refractivity contribution < 1.29 is 5.11 Å². The van der Waals surface area contributed by atoms with Gasteiger partial charge in [-0.2, -0.15) is 0 Å². The van der Waals surface area contributed by atoms with Gasteiger partial charge in [0, 0.05) is 4.87 Å². The maximum Gasteiger partial charge on any atom is 0.0645 e. The van der Waals surface area contributed by atoms with E-state index in [-0.39, 0.29) is 4.87 Å². The summed E-state index contributed by atoms with van der Waals surface area (Å²) in [5.41, 5.74) is -0.479. The molecule has 78 valence electrons. The fourth-order valence-corrected chi connectivity index (χ4v) is 2.35. The summed E-state index contributed by atoms with van der Waals surface area (Å²) in [5, 5.41) is 10.1. The molecule has 1 nitrogen and oxygen atoms in total. The summed E-state index contributed by atoms with van der Waals surface area (Å²) >= 11 is 6.25. The van der Waals surface area contributed by atoms with Crippen LogP contribution >= 0.6 is 11.6 Å². The number of hydrogen-bond acceptors (Lipinski definition) is 1. The second-order valence-electron chi connectivity index (χ2n) is 4.90. The van der Waals surface area contributed by atoms with Gasteiger partial charge in [0.2, 0.25) is 0 Å². The zero-order valence-corrected chi connectivity index (χ0v) is 9.69. The van der Waals surface area contributed by atoms with Crippen LogP contribution in [0.4, 0.5) is 0 Å². The van der Waals surface area contributed by atoms with Crippen molar-refractivity contribution in [2.24, 2.45) is 5.92 Å². The molecule has 0 aromatic rings. The lowest BCUT2D eigenvalue weighted by molar-refractivity contribution is -0.0225. The van der Waals surface area contributed by atoms with E-state index < -0.39 is 5.60 Å². The Hall–Kier alpha value is 0.250. The monoisotopic (exact) mass is 204 g/mol. The van der Waals surface area contributed by atoms with Crippen LogP contribution in [0, 0.1) is 5.92 Å². The van der Waals surface area contributed by atoms with Crippen molar-refractivity contribution in [1.82, 2.24) is 0 Å². The Kier molecular flexibility index (Phi) is 3.29. The van der Waals surface area contributed by atoms with Crippen molar-refractivity contribution >= 4 is 11.6 Å². The molecule has 13 heavy (non-hydrogen) atoms. The second-order valence-corrected chi connectivity index (χ2v) is 5.81. The minimum atomic E-state index is -0.479. The summed E-state index contributed by atoms with van der Waals surface area (Å²) < 4.78 is 0. The number of rotatable bonds is 2. The van der Waals surface area contributed by atoms with Crippen LogP contribution in [0.15, 0.2) is 0 Å². The summed E-state index contributed by atoms with van der Waals surface area (Å²) in [6.07, 6.45) is 5.06. The molecule has 1 rings (SSSR count). The van der Waals surface area contributed by atoms with E-state index in [9.17, 15) is 5.11 Å². The maximum absolute atomic E-state index is 10.1. The van der Waals surface area contributed by atoms with E-state index in [1.807, 2.05) is 6.92 Å². The van der Waals surface area contributed by atoms with Crippen molar-refractivity contribution in [1.29, 1.82) is 0 Å². The zero-order valence-electron chi connectivity index (χ0n) is 8.94. The van der Waals surface area contributed by atoms with Gasteiger partial charge in [-0.1, -0.05) is 6.92 Å². The third-order valence-corrected chi connectivity index (χ3v) is 4.00. The van der Waals surface area contributed by atoms with Gasteiger partial charge in [-0.15, -0.1) is 11.6 Å². The molecule has 1 atom stereocenters. The molecule has 1 unspecified atom stereocenters. The van der Waals surface area contributed by atoms with Crippen LogP contribution in [0.5, 0.6) is 0 Å².